The number of pyridine rings is 1. The van der Waals surface area contributed by atoms with E-state index >= 15 is 0 Å². The number of hydrogen-bond acceptors (Lipinski definition) is 3. The molecule has 2 aromatic rings. The average molecular weight is 364 g/mol. The van der Waals surface area contributed by atoms with Crippen molar-refractivity contribution in [3.8, 4) is 0 Å². The molecule has 2 rings (SSSR count). The molecule has 1 heterocycles. The number of carbonyl (C=O) groups is 1. The monoisotopic (exact) mass is 363 g/mol. The summed E-state index contributed by atoms with van der Waals surface area (Å²) >= 11 is 2.98. The molecule has 0 bridgehead atoms. The quantitative estimate of drug-likeness (QED) is 0.830. The molecule has 0 radical (unpaired) electrons. The van der Waals surface area contributed by atoms with Gasteiger partial charge < -0.3 is 9.72 Å². The Hall–Kier alpha value is -1.83. The Bertz CT molecular complexity index is 768. The van der Waals surface area contributed by atoms with Crippen LogP contribution in [-0.4, -0.2) is 17.6 Å². The van der Waals surface area contributed by atoms with Crippen LogP contribution in [0.1, 0.15) is 22.8 Å². The summed E-state index contributed by atoms with van der Waals surface area (Å²) in [6, 6.07) is 1.57. The van der Waals surface area contributed by atoms with E-state index in [1.807, 2.05) is 0 Å². The van der Waals surface area contributed by atoms with E-state index < -0.39 is 23.1 Å². The lowest BCUT2D eigenvalue weighted by Crippen LogP contribution is -2.19. The number of benzene rings is 1. The smallest absolute Gasteiger partial charge is 0.416 e. The molecule has 0 aliphatic carbocycles. The highest BCUT2D eigenvalue weighted by Crippen LogP contribution is 2.33. The van der Waals surface area contributed by atoms with Gasteiger partial charge in [0.15, 0.2) is 0 Å². The van der Waals surface area contributed by atoms with Gasteiger partial charge in [-0.3, -0.25) is 4.79 Å². The van der Waals surface area contributed by atoms with Crippen LogP contribution in [0.25, 0.3) is 10.9 Å². The van der Waals surface area contributed by atoms with Crippen molar-refractivity contribution in [3.05, 3.63) is 44.2 Å². The van der Waals surface area contributed by atoms with Crippen molar-refractivity contribution in [1.29, 1.82) is 0 Å². The summed E-state index contributed by atoms with van der Waals surface area (Å²) < 4.78 is 43.1. The van der Waals surface area contributed by atoms with Gasteiger partial charge in [0.05, 0.1) is 17.7 Å². The topological polar surface area (TPSA) is 59.2 Å². The van der Waals surface area contributed by atoms with Crippen LogP contribution in [0.3, 0.4) is 0 Å². The summed E-state index contributed by atoms with van der Waals surface area (Å²) in [5.74, 6) is -0.880. The van der Waals surface area contributed by atoms with Crippen LogP contribution in [0.15, 0.2) is 27.6 Å². The predicted octanol–water partition coefficient (Wildman–Crippen LogP) is 3.49. The largest absolute Gasteiger partial charge is 0.462 e. The lowest BCUT2D eigenvalue weighted by Gasteiger charge is -2.10. The number of carbonyl (C=O) groups excluding carboxylic acids is 1. The normalized spacial score (nSPS) is 11.7. The third-order valence-electron chi connectivity index (χ3n) is 2.76. The third kappa shape index (κ3) is 2.94. The molecule has 0 saturated carbocycles. The number of alkyl halides is 3. The van der Waals surface area contributed by atoms with Crippen molar-refractivity contribution < 1.29 is 22.7 Å². The van der Waals surface area contributed by atoms with Gasteiger partial charge in [-0.05, 0) is 35.0 Å². The zero-order valence-electron chi connectivity index (χ0n) is 10.7. The van der Waals surface area contributed by atoms with E-state index in [9.17, 15) is 22.8 Å². The molecule has 0 spiro atoms. The molecule has 0 aliphatic heterocycles. The fourth-order valence-electron chi connectivity index (χ4n) is 1.81. The molecule has 1 aromatic heterocycles. The first-order chi connectivity index (χ1) is 9.75. The number of halogens is 4. The molecule has 0 unspecified atom stereocenters. The number of H-pyrrole nitrogens is 1. The van der Waals surface area contributed by atoms with Crippen molar-refractivity contribution in [2.75, 3.05) is 6.61 Å². The molecule has 0 aliphatic rings. The fraction of sp³-hybridized carbons (Fsp3) is 0.231. The van der Waals surface area contributed by atoms with Crippen molar-refractivity contribution >= 4 is 32.8 Å². The second-order valence-corrected chi connectivity index (χ2v) is 4.98. The van der Waals surface area contributed by atoms with E-state index in [2.05, 4.69) is 20.9 Å². The molecule has 0 atom stereocenters. The number of aromatic amines is 1. The summed E-state index contributed by atoms with van der Waals surface area (Å²) in [7, 11) is 0. The van der Waals surface area contributed by atoms with E-state index in [1.54, 1.807) is 6.92 Å². The highest BCUT2D eigenvalue weighted by atomic mass is 79.9. The molecule has 112 valence electrons. The maximum atomic E-state index is 12.8. The second-order valence-electron chi connectivity index (χ2n) is 4.13. The molecule has 1 aromatic carbocycles. The second kappa shape index (κ2) is 5.51. The molecule has 0 saturated heterocycles. The Morgan fingerprint density at radius 3 is 2.62 bits per heavy atom. The number of hydrogen-bond donors (Lipinski definition) is 1. The molecule has 0 fully saturated rings. The van der Waals surface area contributed by atoms with Gasteiger partial charge in [-0.15, -0.1) is 0 Å². The molecular weight excluding hydrogens is 355 g/mol. The van der Waals surface area contributed by atoms with Gasteiger partial charge in [0.1, 0.15) is 5.56 Å². The number of esters is 1. The third-order valence-corrected chi connectivity index (χ3v) is 3.39. The van der Waals surface area contributed by atoms with Gasteiger partial charge in [-0.2, -0.15) is 13.2 Å². The predicted molar refractivity (Wildman–Crippen MR) is 73.2 cm³/mol. The van der Waals surface area contributed by atoms with Crippen LogP contribution in [-0.2, 0) is 10.9 Å². The van der Waals surface area contributed by atoms with Gasteiger partial charge in [0.25, 0.3) is 0 Å². The lowest BCUT2D eigenvalue weighted by atomic mass is 10.1. The minimum absolute atomic E-state index is 0.0581. The van der Waals surface area contributed by atoms with Crippen LogP contribution in [0.5, 0.6) is 0 Å². The van der Waals surface area contributed by atoms with Gasteiger partial charge in [-0.25, -0.2) is 4.79 Å². The Balaban J connectivity index is 2.74. The summed E-state index contributed by atoms with van der Waals surface area (Å²) in [5, 5.41) is -0.234. The molecule has 21 heavy (non-hydrogen) atoms. The van der Waals surface area contributed by atoms with E-state index in [1.165, 1.54) is 0 Å². The highest BCUT2D eigenvalue weighted by molar-refractivity contribution is 9.10. The zero-order valence-corrected chi connectivity index (χ0v) is 12.3. The van der Waals surface area contributed by atoms with Crippen LogP contribution >= 0.6 is 15.9 Å². The summed E-state index contributed by atoms with van der Waals surface area (Å²) in [4.78, 5) is 26.4. The van der Waals surface area contributed by atoms with Crippen LogP contribution in [0.4, 0.5) is 13.2 Å². The number of ether oxygens (including phenoxy) is 1. The van der Waals surface area contributed by atoms with E-state index in [0.717, 1.165) is 12.3 Å². The minimum atomic E-state index is -4.59. The Labute approximate surface area is 125 Å². The Kier molecular flexibility index (Phi) is 4.08. The van der Waals surface area contributed by atoms with Crippen LogP contribution in [0, 0.1) is 0 Å². The van der Waals surface area contributed by atoms with E-state index in [0.29, 0.717) is 6.07 Å². The van der Waals surface area contributed by atoms with Crippen molar-refractivity contribution in [2.45, 2.75) is 13.1 Å². The van der Waals surface area contributed by atoms with Crippen LogP contribution in [0.2, 0.25) is 0 Å². The van der Waals surface area contributed by atoms with Gasteiger partial charge in [0.2, 0.25) is 5.43 Å². The molecule has 8 heteroatoms. The molecule has 1 N–H and O–H groups in total. The SMILES string of the molecule is CCOC(=O)c1c[nH]c2c(Br)cc(C(F)(F)F)cc2c1=O. The highest BCUT2D eigenvalue weighted by Gasteiger charge is 2.32. The summed E-state index contributed by atoms with van der Waals surface area (Å²) in [6.07, 6.45) is -3.47. The van der Waals surface area contributed by atoms with E-state index in [4.69, 9.17) is 4.74 Å². The van der Waals surface area contributed by atoms with Crippen molar-refractivity contribution in [1.82, 2.24) is 4.98 Å². The summed E-state index contributed by atoms with van der Waals surface area (Å²) in [6.45, 7) is 1.62. The first kappa shape index (κ1) is 15.6. The number of nitrogens with one attached hydrogen (secondary N) is 1. The number of aromatic nitrogens is 1. The maximum absolute atomic E-state index is 12.8. The number of fused-ring (bicyclic) bond motifs is 1. The van der Waals surface area contributed by atoms with Crippen molar-refractivity contribution in [3.63, 3.8) is 0 Å². The fourth-order valence-corrected chi connectivity index (χ4v) is 2.39. The molecular formula is C13H9BrF3NO3. The first-order valence-corrected chi connectivity index (χ1v) is 6.64. The zero-order chi connectivity index (χ0) is 15.8. The average Bonchev–Trinajstić information content (AvgIpc) is 2.38. The maximum Gasteiger partial charge on any atom is 0.416 e. The van der Waals surface area contributed by atoms with Gasteiger partial charge >= 0.3 is 12.1 Å². The number of rotatable bonds is 2. The van der Waals surface area contributed by atoms with E-state index in [-0.39, 0.29) is 27.5 Å². The molecule has 4 nitrogen and oxygen atoms in total. The standard InChI is InChI=1S/C13H9BrF3NO3/c1-2-21-12(20)8-5-18-10-7(11(8)19)3-6(4-9(10)14)13(15,16)17/h3-5H,2H2,1H3,(H,18,19). The minimum Gasteiger partial charge on any atom is -0.462 e. The lowest BCUT2D eigenvalue weighted by molar-refractivity contribution is -0.137. The first-order valence-electron chi connectivity index (χ1n) is 5.85. The van der Waals surface area contributed by atoms with Crippen molar-refractivity contribution in [2.24, 2.45) is 0 Å². The Morgan fingerprint density at radius 2 is 2.05 bits per heavy atom. The molecule has 0 amide bonds. The Morgan fingerprint density at radius 1 is 1.38 bits per heavy atom. The van der Waals surface area contributed by atoms with Crippen LogP contribution < -0.4 is 5.43 Å². The van der Waals surface area contributed by atoms with Gasteiger partial charge in [0, 0.05) is 16.1 Å². The summed E-state index contributed by atoms with van der Waals surface area (Å²) in [5.41, 5.74) is -1.95. The van der Waals surface area contributed by atoms with Gasteiger partial charge in [-0.1, -0.05) is 0 Å².